The van der Waals surface area contributed by atoms with Gasteiger partial charge in [0.25, 0.3) is 11.9 Å². The maximum atomic E-state index is 14.5. The molecule has 0 radical (unpaired) electrons. The van der Waals surface area contributed by atoms with E-state index in [1.807, 2.05) is 13.8 Å². The summed E-state index contributed by atoms with van der Waals surface area (Å²) in [5.41, 5.74) is 1.99. The molecule has 3 N–H and O–H groups in total. The number of halogens is 1. The number of likely N-dealkylation sites (tertiary alicyclic amines) is 1. The Morgan fingerprint density at radius 1 is 1.16 bits per heavy atom. The molecule has 1 aromatic heterocycles. The molecule has 1 amide bonds. The summed E-state index contributed by atoms with van der Waals surface area (Å²) in [5.74, 6) is -1.73. The topological polar surface area (TPSA) is 126 Å². The van der Waals surface area contributed by atoms with Crippen LogP contribution in [0, 0.1) is 5.82 Å². The second kappa shape index (κ2) is 11.9. The molecule has 4 rings (SSSR count). The Morgan fingerprint density at radius 2 is 1.84 bits per heavy atom. The Bertz CT molecular complexity index is 1230. The average Bonchev–Trinajstić information content (AvgIpc) is 3.29. The van der Waals surface area contributed by atoms with E-state index in [0.29, 0.717) is 36.9 Å². The molecule has 0 spiro atoms. The molecule has 1 fully saturated rings. The Balaban J connectivity index is 1.37. The molecule has 37 heavy (non-hydrogen) atoms. The van der Waals surface area contributed by atoms with Crippen molar-refractivity contribution in [2.45, 2.75) is 39.3 Å². The van der Waals surface area contributed by atoms with Crippen LogP contribution in [0.15, 0.2) is 34.7 Å². The summed E-state index contributed by atoms with van der Waals surface area (Å²) in [7, 11) is 0. The SMILES string of the molecule is CCOc1cc(CN2CCC(Nc3nc4c(C(=O)NCC(=O)O)cccc4o3)CC2)cc(OCC)c1F. The van der Waals surface area contributed by atoms with E-state index in [1.54, 1.807) is 30.3 Å². The second-order valence-corrected chi connectivity index (χ2v) is 8.71. The van der Waals surface area contributed by atoms with Crippen molar-refractivity contribution in [1.82, 2.24) is 15.2 Å². The predicted octanol–water partition coefficient (Wildman–Crippen LogP) is 3.66. The zero-order chi connectivity index (χ0) is 26.4. The number of oxazole rings is 1. The van der Waals surface area contributed by atoms with Gasteiger partial charge < -0.3 is 29.6 Å². The molecule has 3 aromatic rings. The number of carbonyl (C=O) groups excluding carboxylic acids is 1. The normalized spacial score (nSPS) is 14.5. The number of nitrogens with zero attached hydrogens (tertiary/aromatic N) is 2. The number of hydrogen-bond donors (Lipinski definition) is 3. The second-order valence-electron chi connectivity index (χ2n) is 8.71. The van der Waals surface area contributed by atoms with Crippen molar-refractivity contribution in [2.75, 3.05) is 38.2 Å². The summed E-state index contributed by atoms with van der Waals surface area (Å²) in [6, 6.07) is 8.85. The molecule has 2 aromatic carbocycles. The van der Waals surface area contributed by atoms with Crippen molar-refractivity contribution in [3.8, 4) is 11.5 Å². The van der Waals surface area contributed by atoms with Gasteiger partial charge >= 0.3 is 5.97 Å². The lowest BCUT2D eigenvalue weighted by atomic mass is 10.0. The molecule has 0 saturated carbocycles. The zero-order valence-electron chi connectivity index (χ0n) is 20.9. The lowest BCUT2D eigenvalue weighted by Crippen LogP contribution is -2.38. The summed E-state index contributed by atoms with van der Waals surface area (Å²) >= 11 is 0. The molecule has 11 heteroatoms. The van der Waals surface area contributed by atoms with E-state index in [1.165, 1.54) is 0 Å². The standard InChI is InChI=1S/C26H31FN4O6/c1-3-35-20-12-16(13-21(23(20)27)36-4-2)15-31-10-8-17(9-11-31)29-26-30-24-18(6-5-7-19(24)37-26)25(34)28-14-22(32)33/h5-7,12-13,17H,3-4,8-11,14-15H2,1-2H3,(H,28,34)(H,29,30)(H,32,33). The van der Waals surface area contributed by atoms with Crippen LogP contribution in [0.3, 0.4) is 0 Å². The Labute approximate surface area is 213 Å². The van der Waals surface area contributed by atoms with E-state index in [9.17, 15) is 14.0 Å². The molecular weight excluding hydrogens is 483 g/mol. The number of fused-ring (bicyclic) bond motifs is 1. The molecule has 10 nitrogen and oxygen atoms in total. The van der Waals surface area contributed by atoms with Gasteiger partial charge in [-0.05, 0) is 56.5 Å². The van der Waals surface area contributed by atoms with Crippen molar-refractivity contribution in [3.05, 3.63) is 47.3 Å². The van der Waals surface area contributed by atoms with E-state index in [-0.39, 0.29) is 23.1 Å². The molecule has 1 aliphatic heterocycles. The maximum absolute atomic E-state index is 14.5. The number of para-hydroxylation sites is 1. The monoisotopic (exact) mass is 514 g/mol. The van der Waals surface area contributed by atoms with Crippen molar-refractivity contribution in [3.63, 3.8) is 0 Å². The number of benzene rings is 2. The van der Waals surface area contributed by atoms with E-state index in [2.05, 4.69) is 20.5 Å². The van der Waals surface area contributed by atoms with Gasteiger partial charge in [-0.15, -0.1) is 0 Å². The molecule has 0 aliphatic carbocycles. The van der Waals surface area contributed by atoms with Crippen LogP contribution in [0.25, 0.3) is 11.1 Å². The molecule has 0 bridgehead atoms. The lowest BCUT2D eigenvalue weighted by Gasteiger charge is -2.32. The highest BCUT2D eigenvalue weighted by atomic mass is 19.1. The van der Waals surface area contributed by atoms with Crippen molar-refractivity contribution in [2.24, 2.45) is 0 Å². The first kappa shape index (κ1) is 26.2. The van der Waals surface area contributed by atoms with Gasteiger partial charge in [-0.3, -0.25) is 14.5 Å². The van der Waals surface area contributed by atoms with Crippen LogP contribution in [0.5, 0.6) is 11.5 Å². The van der Waals surface area contributed by atoms with E-state index in [4.69, 9.17) is 19.0 Å². The van der Waals surface area contributed by atoms with Gasteiger partial charge in [0.1, 0.15) is 12.1 Å². The van der Waals surface area contributed by atoms with Crippen LogP contribution in [-0.4, -0.2) is 65.8 Å². The van der Waals surface area contributed by atoms with Gasteiger partial charge in [0.2, 0.25) is 5.82 Å². The number of piperidine rings is 1. The van der Waals surface area contributed by atoms with Crippen LogP contribution in [0.1, 0.15) is 42.6 Å². The number of aromatic nitrogens is 1. The number of rotatable bonds is 11. The third-order valence-corrected chi connectivity index (χ3v) is 6.05. The predicted molar refractivity (Wildman–Crippen MR) is 135 cm³/mol. The first-order valence-corrected chi connectivity index (χ1v) is 12.3. The van der Waals surface area contributed by atoms with Crippen molar-refractivity contribution < 1.29 is 33.0 Å². The van der Waals surface area contributed by atoms with Gasteiger partial charge in [0.15, 0.2) is 17.1 Å². The molecule has 2 heterocycles. The highest BCUT2D eigenvalue weighted by molar-refractivity contribution is 6.05. The van der Waals surface area contributed by atoms with Crippen molar-refractivity contribution >= 4 is 29.0 Å². The number of aliphatic carboxylic acids is 1. The smallest absolute Gasteiger partial charge is 0.322 e. The van der Waals surface area contributed by atoms with E-state index >= 15 is 0 Å². The largest absolute Gasteiger partial charge is 0.491 e. The van der Waals surface area contributed by atoms with Gasteiger partial charge in [-0.1, -0.05) is 6.07 Å². The fraction of sp³-hybridized carbons (Fsp3) is 0.423. The molecular formula is C26H31FN4O6. The third kappa shape index (κ3) is 6.48. The number of ether oxygens (including phenoxy) is 2. The Kier molecular flexibility index (Phi) is 8.44. The van der Waals surface area contributed by atoms with Gasteiger partial charge in [-0.25, -0.2) is 0 Å². The van der Waals surface area contributed by atoms with Gasteiger partial charge in [0.05, 0.1) is 18.8 Å². The molecule has 198 valence electrons. The number of carbonyl (C=O) groups is 2. The first-order valence-electron chi connectivity index (χ1n) is 12.3. The third-order valence-electron chi connectivity index (χ3n) is 6.05. The molecule has 1 saturated heterocycles. The first-order chi connectivity index (χ1) is 17.9. The van der Waals surface area contributed by atoms with Crippen LogP contribution in [0.4, 0.5) is 10.4 Å². The number of nitrogens with one attached hydrogen (secondary N) is 2. The van der Waals surface area contributed by atoms with Crippen LogP contribution in [0.2, 0.25) is 0 Å². The minimum absolute atomic E-state index is 0.125. The number of amides is 1. The Morgan fingerprint density at radius 3 is 2.46 bits per heavy atom. The number of carboxylic acids is 1. The highest BCUT2D eigenvalue weighted by Crippen LogP contribution is 2.30. The fourth-order valence-electron chi connectivity index (χ4n) is 4.35. The van der Waals surface area contributed by atoms with Crippen molar-refractivity contribution in [1.29, 1.82) is 0 Å². The van der Waals surface area contributed by atoms with Gasteiger partial charge in [-0.2, -0.15) is 9.37 Å². The quantitative estimate of drug-likeness (QED) is 0.351. The lowest BCUT2D eigenvalue weighted by molar-refractivity contribution is -0.135. The Hall–Kier alpha value is -3.86. The number of anilines is 1. The van der Waals surface area contributed by atoms with Gasteiger partial charge in [0, 0.05) is 25.7 Å². The number of carboxylic acid groups (broad SMARTS) is 1. The summed E-state index contributed by atoms with van der Waals surface area (Å²) in [6.45, 7) is 6.16. The van der Waals surface area contributed by atoms with Crippen LogP contribution in [-0.2, 0) is 11.3 Å². The van der Waals surface area contributed by atoms with E-state index < -0.39 is 24.2 Å². The minimum Gasteiger partial charge on any atom is -0.491 e. The summed E-state index contributed by atoms with van der Waals surface area (Å²) in [4.78, 5) is 29.8. The highest BCUT2D eigenvalue weighted by Gasteiger charge is 2.23. The summed E-state index contributed by atoms with van der Waals surface area (Å²) in [5, 5.41) is 14.5. The molecule has 0 atom stereocenters. The minimum atomic E-state index is -1.13. The summed E-state index contributed by atoms with van der Waals surface area (Å²) in [6.07, 6.45) is 1.67. The molecule has 1 aliphatic rings. The number of hydrogen-bond acceptors (Lipinski definition) is 8. The molecule has 0 unspecified atom stereocenters. The summed E-state index contributed by atoms with van der Waals surface area (Å²) < 4.78 is 31.3. The van der Waals surface area contributed by atoms with Crippen LogP contribution < -0.4 is 20.1 Å². The van der Waals surface area contributed by atoms with Crippen LogP contribution >= 0.6 is 0 Å². The zero-order valence-corrected chi connectivity index (χ0v) is 20.9. The maximum Gasteiger partial charge on any atom is 0.322 e. The van der Waals surface area contributed by atoms with E-state index in [0.717, 1.165) is 31.5 Å². The average molecular weight is 515 g/mol. The fourth-order valence-corrected chi connectivity index (χ4v) is 4.35.